The van der Waals surface area contributed by atoms with Crippen LogP contribution in [-0.2, 0) is 9.59 Å². The third-order valence-corrected chi connectivity index (χ3v) is 4.66. The molecular formula is C19H14BrN3O2S. The number of carbonyl (C=O) groups excluding carboxylic acids is 2. The van der Waals surface area contributed by atoms with Crippen LogP contribution in [0.1, 0.15) is 5.56 Å². The number of amides is 2. The molecule has 0 saturated carbocycles. The van der Waals surface area contributed by atoms with Gasteiger partial charge in [-0.1, -0.05) is 34.1 Å². The van der Waals surface area contributed by atoms with E-state index in [2.05, 4.69) is 32.8 Å². The van der Waals surface area contributed by atoms with Gasteiger partial charge in [-0.25, -0.2) is 0 Å². The van der Waals surface area contributed by atoms with Crippen molar-refractivity contribution in [3.63, 3.8) is 0 Å². The summed E-state index contributed by atoms with van der Waals surface area (Å²) in [6.07, 6.45) is 6.38. The molecule has 0 spiro atoms. The number of pyridine rings is 1. The summed E-state index contributed by atoms with van der Waals surface area (Å²) in [6.45, 7) is 3.84. The highest BCUT2D eigenvalue weighted by Gasteiger charge is 2.32. The van der Waals surface area contributed by atoms with Crippen molar-refractivity contribution in [1.29, 1.82) is 0 Å². The molecule has 1 saturated heterocycles. The number of halogens is 1. The average Bonchev–Trinajstić information content (AvgIpc) is 2.63. The number of nitrogens with zero attached hydrogens (tertiary/aromatic N) is 2. The van der Waals surface area contributed by atoms with E-state index in [1.54, 1.807) is 24.5 Å². The first kappa shape index (κ1) is 18.2. The summed E-state index contributed by atoms with van der Waals surface area (Å²) < 4.78 is 0.964. The van der Waals surface area contributed by atoms with E-state index in [1.807, 2.05) is 30.3 Å². The van der Waals surface area contributed by atoms with Crippen molar-refractivity contribution in [2.45, 2.75) is 0 Å². The first-order chi connectivity index (χ1) is 12.5. The second kappa shape index (κ2) is 7.72. The SMILES string of the molecule is C=CCN1C(=O)C(=Cc2cnccc2-c2ccc(Br)cc2)C(=O)NC1=S. The van der Waals surface area contributed by atoms with Gasteiger partial charge in [0.05, 0.1) is 0 Å². The van der Waals surface area contributed by atoms with Crippen LogP contribution in [0.4, 0.5) is 0 Å². The van der Waals surface area contributed by atoms with Crippen LogP contribution >= 0.6 is 28.1 Å². The maximum absolute atomic E-state index is 12.7. The summed E-state index contributed by atoms with van der Waals surface area (Å²) in [6, 6.07) is 9.59. The molecule has 0 unspecified atom stereocenters. The smallest absolute Gasteiger partial charge is 0.265 e. The van der Waals surface area contributed by atoms with Crippen molar-refractivity contribution in [2.24, 2.45) is 0 Å². The quantitative estimate of drug-likeness (QED) is 0.351. The van der Waals surface area contributed by atoms with Crippen LogP contribution in [0.25, 0.3) is 17.2 Å². The minimum absolute atomic E-state index is 0.00631. The van der Waals surface area contributed by atoms with Crippen LogP contribution in [0.15, 0.2) is 65.4 Å². The second-order valence-electron chi connectivity index (χ2n) is 5.49. The minimum Gasteiger partial charge on any atom is -0.298 e. The second-order valence-corrected chi connectivity index (χ2v) is 6.79. The lowest BCUT2D eigenvalue weighted by Gasteiger charge is -2.27. The molecule has 2 heterocycles. The third-order valence-electron chi connectivity index (χ3n) is 3.80. The number of aromatic nitrogens is 1. The van der Waals surface area contributed by atoms with Crippen LogP contribution < -0.4 is 5.32 Å². The number of thiocarbonyl (C=S) groups is 1. The van der Waals surface area contributed by atoms with Gasteiger partial charge in [-0.3, -0.25) is 24.8 Å². The largest absolute Gasteiger partial charge is 0.298 e. The summed E-state index contributed by atoms with van der Waals surface area (Å²) in [5.74, 6) is -0.977. The van der Waals surface area contributed by atoms with Gasteiger partial charge in [0, 0.05) is 29.0 Å². The molecule has 3 rings (SSSR count). The van der Waals surface area contributed by atoms with Crippen molar-refractivity contribution in [3.8, 4) is 11.1 Å². The van der Waals surface area contributed by atoms with Gasteiger partial charge in [0.1, 0.15) is 5.57 Å². The molecule has 0 radical (unpaired) electrons. The zero-order valence-electron chi connectivity index (χ0n) is 13.6. The van der Waals surface area contributed by atoms with Crippen LogP contribution in [0.3, 0.4) is 0 Å². The maximum Gasteiger partial charge on any atom is 0.265 e. The zero-order chi connectivity index (χ0) is 18.7. The lowest BCUT2D eigenvalue weighted by atomic mass is 9.99. The Balaban J connectivity index is 2.05. The molecule has 130 valence electrons. The highest BCUT2D eigenvalue weighted by atomic mass is 79.9. The molecule has 1 aromatic heterocycles. The summed E-state index contributed by atoms with van der Waals surface area (Å²) in [5, 5.41) is 2.62. The third kappa shape index (κ3) is 3.63. The number of hydrogen-bond acceptors (Lipinski definition) is 4. The Bertz CT molecular complexity index is 938. The molecule has 2 aromatic rings. The monoisotopic (exact) mass is 427 g/mol. The minimum atomic E-state index is -0.522. The van der Waals surface area contributed by atoms with E-state index in [9.17, 15) is 9.59 Å². The number of benzene rings is 1. The van der Waals surface area contributed by atoms with Crippen molar-refractivity contribution in [3.05, 3.63) is 71.0 Å². The first-order valence-corrected chi connectivity index (χ1v) is 8.91. The fourth-order valence-corrected chi connectivity index (χ4v) is 3.07. The Hall–Kier alpha value is -2.64. The van der Waals surface area contributed by atoms with Gasteiger partial charge < -0.3 is 0 Å². The number of hydrogen-bond donors (Lipinski definition) is 1. The normalized spacial score (nSPS) is 16.0. The first-order valence-electron chi connectivity index (χ1n) is 7.71. The van der Waals surface area contributed by atoms with Crippen LogP contribution in [0, 0.1) is 0 Å². The molecule has 1 aromatic carbocycles. The molecule has 1 fully saturated rings. The van der Waals surface area contributed by atoms with E-state index in [0.717, 1.165) is 15.6 Å². The van der Waals surface area contributed by atoms with Gasteiger partial charge in [-0.05, 0) is 47.6 Å². The predicted molar refractivity (Wildman–Crippen MR) is 108 cm³/mol. The van der Waals surface area contributed by atoms with Crippen LogP contribution in [-0.4, -0.2) is 33.4 Å². The van der Waals surface area contributed by atoms with Crippen LogP contribution in [0.2, 0.25) is 0 Å². The van der Waals surface area contributed by atoms with E-state index in [0.29, 0.717) is 5.56 Å². The lowest BCUT2D eigenvalue weighted by Crippen LogP contribution is -2.53. The van der Waals surface area contributed by atoms with Gasteiger partial charge >= 0.3 is 0 Å². The number of carbonyl (C=O) groups is 2. The highest BCUT2D eigenvalue weighted by molar-refractivity contribution is 9.10. The van der Waals surface area contributed by atoms with Gasteiger partial charge in [-0.15, -0.1) is 6.58 Å². The Morgan fingerprint density at radius 1 is 1.23 bits per heavy atom. The van der Waals surface area contributed by atoms with Crippen LogP contribution in [0.5, 0.6) is 0 Å². The molecule has 1 aliphatic rings. The van der Waals surface area contributed by atoms with Gasteiger partial charge in [0.2, 0.25) is 0 Å². The fourth-order valence-electron chi connectivity index (χ4n) is 2.56. The van der Waals surface area contributed by atoms with E-state index in [1.165, 1.54) is 4.90 Å². The van der Waals surface area contributed by atoms with E-state index < -0.39 is 11.8 Å². The van der Waals surface area contributed by atoms with Gasteiger partial charge in [0.15, 0.2) is 5.11 Å². The molecule has 26 heavy (non-hydrogen) atoms. The number of rotatable bonds is 4. The zero-order valence-corrected chi connectivity index (χ0v) is 16.0. The summed E-state index contributed by atoms with van der Waals surface area (Å²) >= 11 is 8.47. The predicted octanol–water partition coefficient (Wildman–Crippen LogP) is 3.32. The molecule has 1 N–H and O–H groups in total. The lowest BCUT2D eigenvalue weighted by molar-refractivity contribution is -0.128. The van der Waals surface area contributed by atoms with E-state index in [4.69, 9.17) is 12.2 Å². The van der Waals surface area contributed by atoms with Crippen molar-refractivity contribution in [2.75, 3.05) is 6.54 Å². The highest BCUT2D eigenvalue weighted by Crippen LogP contribution is 2.27. The fraction of sp³-hybridized carbons (Fsp3) is 0.0526. The van der Waals surface area contributed by atoms with E-state index >= 15 is 0 Å². The molecule has 5 nitrogen and oxygen atoms in total. The Labute approximate surface area is 164 Å². The van der Waals surface area contributed by atoms with Crippen molar-refractivity contribution in [1.82, 2.24) is 15.2 Å². The topological polar surface area (TPSA) is 62.3 Å². The van der Waals surface area contributed by atoms with Crippen molar-refractivity contribution >= 4 is 51.2 Å². The molecule has 2 amide bonds. The summed E-state index contributed by atoms with van der Waals surface area (Å²) in [5.41, 5.74) is 2.49. The molecule has 0 bridgehead atoms. The summed E-state index contributed by atoms with van der Waals surface area (Å²) in [4.78, 5) is 30.4. The average molecular weight is 428 g/mol. The Morgan fingerprint density at radius 2 is 1.96 bits per heavy atom. The number of nitrogens with one attached hydrogen (secondary N) is 1. The molecule has 1 aliphatic heterocycles. The van der Waals surface area contributed by atoms with E-state index in [-0.39, 0.29) is 17.2 Å². The van der Waals surface area contributed by atoms with Crippen molar-refractivity contribution < 1.29 is 9.59 Å². The maximum atomic E-state index is 12.7. The molecular weight excluding hydrogens is 414 g/mol. The molecule has 7 heteroatoms. The molecule has 0 atom stereocenters. The summed E-state index contributed by atoms with van der Waals surface area (Å²) in [7, 11) is 0. The molecule has 0 aliphatic carbocycles. The standard InChI is InChI=1S/C19H14BrN3O2S/c1-2-9-23-18(25)16(17(24)22-19(23)26)10-13-11-21-8-7-15(13)12-3-5-14(20)6-4-12/h2-8,10-11H,1,9H2,(H,22,24,26). The Morgan fingerprint density at radius 3 is 2.65 bits per heavy atom. The Kier molecular flexibility index (Phi) is 5.39. The van der Waals surface area contributed by atoms with Gasteiger partial charge in [-0.2, -0.15) is 0 Å². The van der Waals surface area contributed by atoms with Gasteiger partial charge in [0.25, 0.3) is 11.8 Å².